The van der Waals surface area contributed by atoms with Crippen LogP contribution in [-0.2, 0) is 6.42 Å². The van der Waals surface area contributed by atoms with E-state index in [1.54, 1.807) is 25.3 Å². The van der Waals surface area contributed by atoms with Gasteiger partial charge in [0.1, 0.15) is 0 Å². The molecule has 1 atom stereocenters. The maximum atomic E-state index is 11.0. The Kier molecular flexibility index (Phi) is 5.00. The van der Waals surface area contributed by atoms with Crippen LogP contribution >= 0.6 is 0 Å². The largest absolute Gasteiger partial charge is 0.310 e. The monoisotopic (exact) mass is 285 g/mol. The van der Waals surface area contributed by atoms with Gasteiger partial charge in [0.05, 0.1) is 4.92 Å². The van der Waals surface area contributed by atoms with Crippen molar-refractivity contribution in [2.45, 2.75) is 26.3 Å². The molecule has 5 nitrogen and oxygen atoms in total. The fourth-order valence-electron chi connectivity index (χ4n) is 2.38. The van der Waals surface area contributed by atoms with Crippen LogP contribution < -0.4 is 5.32 Å². The summed E-state index contributed by atoms with van der Waals surface area (Å²) in [5.74, 6) is 0. The third-order valence-electron chi connectivity index (χ3n) is 3.57. The molecule has 0 spiro atoms. The number of nitro groups is 1. The molecule has 2 rings (SSSR count). The van der Waals surface area contributed by atoms with Crippen molar-refractivity contribution in [2.75, 3.05) is 6.54 Å². The minimum Gasteiger partial charge on any atom is -0.310 e. The van der Waals surface area contributed by atoms with E-state index in [2.05, 4.69) is 10.3 Å². The van der Waals surface area contributed by atoms with Gasteiger partial charge >= 0.3 is 0 Å². The van der Waals surface area contributed by atoms with E-state index in [0.717, 1.165) is 29.8 Å². The van der Waals surface area contributed by atoms with Gasteiger partial charge in [-0.3, -0.25) is 15.1 Å². The number of nitrogens with zero attached hydrogens (tertiary/aromatic N) is 2. The van der Waals surface area contributed by atoms with Gasteiger partial charge in [0.25, 0.3) is 5.69 Å². The average Bonchev–Trinajstić information content (AvgIpc) is 2.48. The summed E-state index contributed by atoms with van der Waals surface area (Å²) in [5.41, 5.74) is 2.89. The van der Waals surface area contributed by atoms with Crippen molar-refractivity contribution in [2.24, 2.45) is 0 Å². The van der Waals surface area contributed by atoms with Gasteiger partial charge in [0.15, 0.2) is 0 Å². The first-order valence-electron chi connectivity index (χ1n) is 6.97. The van der Waals surface area contributed by atoms with Crippen LogP contribution in [0.3, 0.4) is 0 Å². The number of nitro benzene ring substituents is 1. The van der Waals surface area contributed by atoms with E-state index in [0.29, 0.717) is 0 Å². The highest BCUT2D eigenvalue weighted by Gasteiger charge is 2.16. The Morgan fingerprint density at radius 1 is 1.29 bits per heavy atom. The maximum Gasteiger partial charge on any atom is 0.272 e. The summed E-state index contributed by atoms with van der Waals surface area (Å²) >= 11 is 0. The van der Waals surface area contributed by atoms with Crippen LogP contribution in [0, 0.1) is 17.0 Å². The van der Waals surface area contributed by atoms with Gasteiger partial charge in [-0.25, -0.2) is 0 Å². The van der Waals surface area contributed by atoms with Crippen LogP contribution in [0.15, 0.2) is 42.6 Å². The topological polar surface area (TPSA) is 68.1 Å². The Morgan fingerprint density at radius 3 is 2.76 bits per heavy atom. The number of rotatable bonds is 6. The first kappa shape index (κ1) is 15.1. The summed E-state index contributed by atoms with van der Waals surface area (Å²) in [5, 5.41) is 14.4. The number of benzene rings is 1. The standard InChI is InChI=1S/C16H19N3O2/c1-12-15(7-5-8-16(12)19(20)21)13(2)17-11-9-14-6-3-4-10-18-14/h3-8,10,13,17H,9,11H2,1-2H3/t13-/m1/s1. The Labute approximate surface area is 124 Å². The molecule has 1 heterocycles. The predicted molar refractivity (Wildman–Crippen MR) is 82.2 cm³/mol. The molecule has 0 saturated heterocycles. The molecule has 0 aliphatic rings. The fraction of sp³-hybridized carbons (Fsp3) is 0.312. The third kappa shape index (κ3) is 3.86. The zero-order valence-corrected chi connectivity index (χ0v) is 12.2. The quantitative estimate of drug-likeness (QED) is 0.653. The molecule has 110 valence electrons. The van der Waals surface area contributed by atoms with Crippen molar-refractivity contribution in [3.63, 3.8) is 0 Å². The Balaban J connectivity index is 1.99. The van der Waals surface area contributed by atoms with Crippen molar-refractivity contribution in [3.8, 4) is 0 Å². The Hall–Kier alpha value is -2.27. The minimum absolute atomic E-state index is 0.0635. The molecule has 1 N–H and O–H groups in total. The summed E-state index contributed by atoms with van der Waals surface area (Å²) in [6.07, 6.45) is 2.61. The van der Waals surface area contributed by atoms with Crippen LogP contribution in [0.1, 0.15) is 29.8 Å². The maximum absolute atomic E-state index is 11.0. The summed E-state index contributed by atoms with van der Waals surface area (Å²) in [6.45, 7) is 4.59. The molecular formula is C16H19N3O2. The molecule has 0 fully saturated rings. The molecule has 2 aromatic rings. The van der Waals surface area contributed by atoms with Gasteiger partial charge in [-0.05, 0) is 31.5 Å². The van der Waals surface area contributed by atoms with Gasteiger partial charge in [-0.2, -0.15) is 0 Å². The third-order valence-corrected chi connectivity index (χ3v) is 3.57. The van der Waals surface area contributed by atoms with E-state index in [-0.39, 0.29) is 16.7 Å². The van der Waals surface area contributed by atoms with Gasteiger partial charge < -0.3 is 5.32 Å². The first-order chi connectivity index (χ1) is 10.1. The molecule has 0 amide bonds. The normalized spacial score (nSPS) is 12.1. The van der Waals surface area contributed by atoms with E-state index in [4.69, 9.17) is 0 Å². The average molecular weight is 285 g/mol. The van der Waals surface area contributed by atoms with E-state index < -0.39 is 0 Å². The number of aromatic nitrogens is 1. The van der Waals surface area contributed by atoms with E-state index in [1.165, 1.54) is 0 Å². The smallest absolute Gasteiger partial charge is 0.272 e. The van der Waals surface area contributed by atoms with Crippen LogP contribution in [-0.4, -0.2) is 16.5 Å². The van der Waals surface area contributed by atoms with Crippen LogP contribution in [0.4, 0.5) is 5.69 Å². The number of nitrogens with one attached hydrogen (secondary N) is 1. The lowest BCUT2D eigenvalue weighted by Crippen LogP contribution is -2.22. The number of pyridine rings is 1. The number of hydrogen-bond acceptors (Lipinski definition) is 4. The highest BCUT2D eigenvalue weighted by atomic mass is 16.6. The zero-order chi connectivity index (χ0) is 15.2. The first-order valence-corrected chi connectivity index (χ1v) is 6.97. The van der Waals surface area contributed by atoms with Crippen LogP contribution in [0.5, 0.6) is 0 Å². The van der Waals surface area contributed by atoms with E-state index >= 15 is 0 Å². The fourth-order valence-corrected chi connectivity index (χ4v) is 2.38. The predicted octanol–water partition coefficient (Wildman–Crippen LogP) is 3.19. The lowest BCUT2D eigenvalue weighted by atomic mass is 10.0. The van der Waals surface area contributed by atoms with Crippen molar-refractivity contribution in [3.05, 3.63) is 69.5 Å². The Bertz CT molecular complexity index is 614. The summed E-state index contributed by atoms with van der Waals surface area (Å²) in [7, 11) is 0. The molecule has 1 aromatic heterocycles. The molecule has 21 heavy (non-hydrogen) atoms. The Morgan fingerprint density at radius 2 is 2.10 bits per heavy atom. The summed E-state index contributed by atoms with van der Waals surface area (Å²) < 4.78 is 0. The van der Waals surface area contributed by atoms with Crippen molar-refractivity contribution >= 4 is 5.69 Å². The van der Waals surface area contributed by atoms with Gasteiger partial charge in [-0.1, -0.05) is 18.2 Å². The molecule has 1 aromatic carbocycles. The molecule has 0 radical (unpaired) electrons. The van der Waals surface area contributed by atoms with Gasteiger partial charge in [0.2, 0.25) is 0 Å². The summed E-state index contributed by atoms with van der Waals surface area (Å²) in [6, 6.07) is 11.1. The summed E-state index contributed by atoms with van der Waals surface area (Å²) in [4.78, 5) is 14.9. The second kappa shape index (κ2) is 6.95. The molecule has 0 saturated carbocycles. The molecular weight excluding hydrogens is 266 g/mol. The van der Waals surface area contributed by atoms with Crippen molar-refractivity contribution < 1.29 is 4.92 Å². The van der Waals surface area contributed by atoms with Crippen molar-refractivity contribution in [1.82, 2.24) is 10.3 Å². The lowest BCUT2D eigenvalue weighted by Gasteiger charge is -2.16. The number of hydrogen-bond donors (Lipinski definition) is 1. The van der Waals surface area contributed by atoms with E-state index in [9.17, 15) is 10.1 Å². The second-order valence-electron chi connectivity index (χ2n) is 5.00. The molecule has 0 aliphatic heterocycles. The highest BCUT2D eigenvalue weighted by molar-refractivity contribution is 5.45. The molecule has 0 aliphatic carbocycles. The zero-order valence-electron chi connectivity index (χ0n) is 12.2. The highest BCUT2D eigenvalue weighted by Crippen LogP contribution is 2.25. The second-order valence-corrected chi connectivity index (χ2v) is 5.00. The SMILES string of the molecule is Cc1c([C@@H](C)NCCc2ccccn2)cccc1[N+](=O)[O-]. The molecule has 0 unspecified atom stereocenters. The molecule has 0 bridgehead atoms. The van der Waals surface area contributed by atoms with Crippen molar-refractivity contribution in [1.29, 1.82) is 0 Å². The van der Waals surface area contributed by atoms with Crippen LogP contribution in [0.25, 0.3) is 0 Å². The van der Waals surface area contributed by atoms with Gasteiger partial charge in [-0.15, -0.1) is 0 Å². The lowest BCUT2D eigenvalue weighted by molar-refractivity contribution is -0.385. The van der Waals surface area contributed by atoms with Crippen LogP contribution in [0.2, 0.25) is 0 Å². The minimum atomic E-state index is -0.334. The van der Waals surface area contributed by atoms with E-state index in [1.807, 2.05) is 31.2 Å². The van der Waals surface area contributed by atoms with Gasteiger partial charge in [0, 0.05) is 42.5 Å². The molecule has 5 heteroatoms.